The Bertz CT molecular complexity index is 392. The fourth-order valence-corrected chi connectivity index (χ4v) is 2.33. The molecule has 0 saturated heterocycles. The largest absolute Gasteiger partial charge is 0.270 e. The highest BCUT2D eigenvalue weighted by Gasteiger charge is 2.10. The highest BCUT2D eigenvalue weighted by molar-refractivity contribution is 7.87. The van der Waals surface area contributed by atoms with Gasteiger partial charge in [-0.15, -0.1) is 13.2 Å². The van der Waals surface area contributed by atoms with Crippen LogP contribution in [0.15, 0.2) is 25.3 Å². The molecular weight excluding hydrogens is 268 g/mol. The van der Waals surface area contributed by atoms with E-state index in [-0.39, 0.29) is 31.1 Å². The monoisotopic (exact) mass is 284 g/mol. The maximum atomic E-state index is 11.0. The molecule has 100 valence electrons. The van der Waals surface area contributed by atoms with Gasteiger partial charge >= 0.3 is 0 Å². The van der Waals surface area contributed by atoms with E-state index in [1.165, 1.54) is 12.2 Å². The van der Waals surface area contributed by atoms with Gasteiger partial charge in [0.2, 0.25) is 0 Å². The molecule has 0 atom stereocenters. The fourth-order valence-electron chi connectivity index (χ4n) is 0.816. The second-order valence-corrected chi connectivity index (χ2v) is 6.39. The van der Waals surface area contributed by atoms with Gasteiger partial charge in [-0.25, -0.2) is 0 Å². The van der Waals surface area contributed by atoms with Gasteiger partial charge in [-0.05, 0) is 6.42 Å². The predicted molar refractivity (Wildman–Crippen MR) is 64.5 cm³/mol. The topological polar surface area (TPSA) is 86.7 Å². The maximum absolute atomic E-state index is 11.0. The minimum atomic E-state index is -3.60. The predicted octanol–water partition coefficient (Wildman–Crippen LogP) is 0.441. The van der Waals surface area contributed by atoms with E-state index in [0.29, 0.717) is 0 Å². The standard InChI is InChI=1S/C9H16O6S2/c1-3-8-16(10,11)14-6-5-7-15-17(12,13)9-4-2/h3-4H,1-2,5-9H2. The van der Waals surface area contributed by atoms with E-state index in [1.807, 2.05) is 0 Å². The van der Waals surface area contributed by atoms with Crippen LogP contribution in [0, 0.1) is 0 Å². The lowest BCUT2D eigenvalue weighted by atomic mass is 10.5. The summed E-state index contributed by atoms with van der Waals surface area (Å²) in [7, 11) is -7.19. The summed E-state index contributed by atoms with van der Waals surface area (Å²) in [5.74, 6) is -0.550. The van der Waals surface area contributed by atoms with Crippen LogP contribution in [0.5, 0.6) is 0 Å². The Labute approximate surface area is 102 Å². The second-order valence-electron chi connectivity index (χ2n) is 3.02. The summed E-state index contributed by atoms with van der Waals surface area (Å²) < 4.78 is 53.2. The maximum Gasteiger partial charge on any atom is 0.270 e. The van der Waals surface area contributed by atoms with Crippen LogP contribution in [0.3, 0.4) is 0 Å². The van der Waals surface area contributed by atoms with Gasteiger partial charge in [0.15, 0.2) is 0 Å². The molecule has 0 radical (unpaired) electrons. The summed E-state index contributed by atoms with van der Waals surface area (Å²) in [5, 5.41) is 0. The van der Waals surface area contributed by atoms with Crippen molar-refractivity contribution in [1.82, 2.24) is 0 Å². The van der Waals surface area contributed by atoms with Crippen molar-refractivity contribution in [2.24, 2.45) is 0 Å². The highest BCUT2D eigenvalue weighted by atomic mass is 32.2. The minimum absolute atomic E-state index is 0.125. The third kappa shape index (κ3) is 9.04. The molecule has 0 unspecified atom stereocenters. The molecule has 0 aromatic carbocycles. The summed E-state index contributed by atoms with van der Waals surface area (Å²) in [6.07, 6.45) is 2.58. The van der Waals surface area contributed by atoms with Crippen molar-refractivity contribution >= 4 is 20.2 Å². The van der Waals surface area contributed by atoms with E-state index in [0.717, 1.165) is 0 Å². The summed E-state index contributed by atoms with van der Waals surface area (Å²) in [4.78, 5) is 0. The normalized spacial score (nSPS) is 12.2. The summed E-state index contributed by atoms with van der Waals surface area (Å²) in [5.41, 5.74) is 0. The molecule has 0 saturated carbocycles. The van der Waals surface area contributed by atoms with Crippen molar-refractivity contribution in [3.05, 3.63) is 25.3 Å². The molecule has 0 amide bonds. The van der Waals surface area contributed by atoms with Gasteiger partial charge in [-0.2, -0.15) is 16.8 Å². The van der Waals surface area contributed by atoms with E-state index in [4.69, 9.17) is 0 Å². The van der Waals surface area contributed by atoms with E-state index in [9.17, 15) is 16.8 Å². The third-order valence-electron chi connectivity index (χ3n) is 1.46. The lowest BCUT2D eigenvalue weighted by Gasteiger charge is -2.04. The molecule has 0 aliphatic rings. The molecule has 0 heterocycles. The average molecular weight is 284 g/mol. The van der Waals surface area contributed by atoms with Crippen LogP contribution in [-0.4, -0.2) is 41.6 Å². The lowest BCUT2D eigenvalue weighted by Crippen LogP contribution is -2.14. The van der Waals surface area contributed by atoms with Crippen LogP contribution in [0.2, 0.25) is 0 Å². The Morgan fingerprint density at radius 1 is 0.824 bits per heavy atom. The van der Waals surface area contributed by atoms with Crippen LogP contribution in [0.1, 0.15) is 6.42 Å². The zero-order valence-electron chi connectivity index (χ0n) is 9.37. The van der Waals surface area contributed by atoms with Gasteiger partial charge in [0.1, 0.15) is 0 Å². The van der Waals surface area contributed by atoms with Crippen LogP contribution in [0.4, 0.5) is 0 Å². The molecule has 0 fully saturated rings. The first kappa shape index (κ1) is 16.3. The molecule has 0 aromatic heterocycles. The van der Waals surface area contributed by atoms with Gasteiger partial charge in [0, 0.05) is 0 Å². The Hall–Kier alpha value is -0.700. The molecule has 0 rings (SSSR count). The Balaban J connectivity index is 3.81. The number of rotatable bonds is 10. The van der Waals surface area contributed by atoms with Crippen molar-refractivity contribution < 1.29 is 25.2 Å². The SMILES string of the molecule is C=CCS(=O)(=O)OCCCOS(=O)(=O)CC=C. The molecule has 0 aliphatic carbocycles. The Morgan fingerprint density at radius 2 is 1.18 bits per heavy atom. The molecule has 8 heteroatoms. The summed E-state index contributed by atoms with van der Waals surface area (Å²) >= 11 is 0. The molecule has 6 nitrogen and oxygen atoms in total. The first-order valence-corrected chi connectivity index (χ1v) is 7.94. The van der Waals surface area contributed by atoms with Crippen LogP contribution in [-0.2, 0) is 28.6 Å². The van der Waals surface area contributed by atoms with Gasteiger partial charge in [0.05, 0.1) is 24.7 Å². The van der Waals surface area contributed by atoms with Crippen molar-refractivity contribution in [2.45, 2.75) is 6.42 Å². The molecule has 0 aromatic rings. The van der Waals surface area contributed by atoms with Crippen molar-refractivity contribution in [2.75, 3.05) is 24.7 Å². The van der Waals surface area contributed by atoms with Crippen molar-refractivity contribution in [3.63, 3.8) is 0 Å². The van der Waals surface area contributed by atoms with E-state index < -0.39 is 20.2 Å². The molecule has 0 bridgehead atoms. The van der Waals surface area contributed by atoms with E-state index in [2.05, 4.69) is 21.5 Å². The van der Waals surface area contributed by atoms with Crippen molar-refractivity contribution in [3.8, 4) is 0 Å². The quantitative estimate of drug-likeness (QED) is 0.329. The lowest BCUT2D eigenvalue weighted by molar-refractivity contribution is 0.255. The molecular formula is C9H16O6S2. The molecule has 0 aliphatic heterocycles. The first-order chi connectivity index (χ1) is 7.83. The van der Waals surface area contributed by atoms with Crippen LogP contribution in [0.25, 0.3) is 0 Å². The van der Waals surface area contributed by atoms with Crippen molar-refractivity contribution in [1.29, 1.82) is 0 Å². The molecule has 0 N–H and O–H groups in total. The van der Waals surface area contributed by atoms with Crippen LogP contribution < -0.4 is 0 Å². The van der Waals surface area contributed by atoms with Gasteiger partial charge < -0.3 is 0 Å². The Kier molecular flexibility index (Phi) is 7.28. The van der Waals surface area contributed by atoms with Crippen LogP contribution >= 0.6 is 0 Å². The fraction of sp³-hybridized carbons (Fsp3) is 0.556. The minimum Gasteiger partial charge on any atom is -0.270 e. The summed E-state index contributed by atoms with van der Waals surface area (Å²) in [6, 6.07) is 0. The summed E-state index contributed by atoms with van der Waals surface area (Å²) in [6.45, 7) is 6.29. The van der Waals surface area contributed by atoms with E-state index >= 15 is 0 Å². The van der Waals surface area contributed by atoms with Gasteiger partial charge in [-0.1, -0.05) is 12.2 Å². The van der Waals surface area contributed by atoms with E-state index in [1.54, 1.807) is 0 Å². The molecule has 17 heavy (non-hydrogen) atoms. The zero-order valence-corrected chi connectivity index (χ0v) is 11.0. The van der Waals surface area contributed by atoms with Gasteiger partial charge in [0.25, 0.3) is 20.2 Å². The highest BCUT2D eigenvalue weighted by Crippen LogP contribution is 1.99. The second kappa shape index (κ2) is 7.59. The Morgan fingerprint density at radius 3 is 1.47 bits per heavy atom. The number of hydrogen-bond acceptors (Lipinski definition) is 6. The molecule has 0 spiro atoms. The zero-order chi connectivity index (χ0) is 13.4. The third-order valence-corrected chi connectivity index (χ3v) is 3.80. The van der Waals surface area contributed by atoms with Gasteiger partial charge in [-0.3, -0.25) is 8.37 Å². The average Bonchev–Trinajstić information content (AvgIpc) is 2.16. The number of hydrogen-bond donors (Lipinski definition) is 0. The first-order valence-electron chi connectivity index (χ1n) is 4.79. The smallest absolute Gasteiger partial charge is 0.270 e.